The fraction of sp³-hybridized carbons (Fsp3) is 1.00. The van der Waals surface area contributed by atoms with Gasteiger partial charge in [-0.25, -0.2) is 0 Å². The summed E-state index contributed by atoms with van der Waals surface area (Å²) in [6.45, 7) is 13.1. The van der Waals surface area contributed by atoms with Crippen LogP contribution < -0.4 is 0 Å². The lowest BCUT2D eigenvalue weighted by Crippen LogP contribution is -2.28. The quantitative estimate of drug-likeness (QED) is 0.727. The molecule has 0 saturated carbocycles. The molecule has 90 valence electrons. The summed E-state index contributed by atoms with van der Waals surface area (Å²) in [6, 6.07) is 0. The Labute approximate surface area is 94.0 Å². The van der Waals surface area contributed by atoms with Gasteiger partial charge in [0.1, 0.15) is 0 Å². The van der Waals surface area contributed by atoms with E-state index in [1.54, 1.807) is 0 Å². The fourth-order valence-electron chi connectivity index (χ4n) is 2.07. The summed E-state index contributed by atoms with van der Waals surface area (Å²) in [5.41, 5.74) is 0.353. The molecule has 2 nitrogen and oxygen atoms in total. The van der Waals surface area contributed by atoms with E-state index in [9.17, 15) is 5.11 Å². The van der Waals surface area contributed by atoms with E-state index in [2.05, 4.69) is 41.5 Å². The molecular weight excluding hydrogens is 188 g/mol. The second kappa shape index (κ2) is 4.06. The molecule has 1 heterocycles. The molecule has 2 heteroatoms. The number of aliphatic hydroxyl groups is 1. The van der Waals surface area contributed by atoms with Gasteiger partial charge in [0.15, 0.2) is 0 Å². The Morgan fingerprint density at radius 1 is 1.13 bits per heavy atom. The lowest BCUT2D eigenvalue weighted by molar-refractivity contribution is -0.0460. The molecule has 3 atom stereocenters. The first kappa shape index (κ1) is 13.0. The number of hydrogen-bond acceptors (Lipinski definition) is 2. The molecule has 0 aliphatic carbocycles. The smallest absolute Gasteiger partial charge is 0.0843 e. The zero-order valence-electron chi connectivity index (χ0n) is 11.0. The van der Waals surface area contributed by atoms with Gasteiger partial charge in [-0.1, -0.05) is 41.5 Å². The molecule has 0 amide bonds. The second-order valence-corrected chi connectivity index (χ2v) is 7.10. The molecule has 0 radical (unpaired) electrons. The first-order chi connectivity index (χ1) is 6.59. The van der Waals surface area contributed by atoms with Gasteiger partial charge < -0.3 is 9.84 Å². The van der Waals surface area contributed by atoms with Crippen molar-refractivity contribution >= 4 is 0 Å². The van der Waals surface area contributed by atoms with Gasteiger partial charge in [-0.05, 0) is 17.3 Å². The Morgan fingerprint density at radius 2 is 1.67 bits per heavy atom. The van der Waals surface area contributed by atoms with Crippen LogP contribution >= 0.6 is 0 Å². The zero-order chi connectivity index (χ0) is 11.9. The summed E-state index contributed by atoms with van der Waals surface area (Å²) < 4.78 is 5.96. The Bertz CT molecular complexity index is 210. The molecule has 1 unspecified atom stereocenters. The first-order valence-electron chi connectivity index (χ1n) is 5.93. The van der Waals surface area contributed by atoms with Crippen LogP contribution in [0.3, 0.4) is 0 Å². The number of hydrogen-bond donors (Lipinski definition) is 1. The number of aliphatic hydroxyl groups excluding tert-OH is 1. The van der Waals surface area contributed by atoms with Crippen LogP contribution in [0, 0.1) is 10.8 Å². The van der Waals surface area contributed by atoms with E-state index in [0.29, 0.717) is 0 Å². The fourth-order valence-corrected chi connectivity index (χ4v) is 2.07. The van der Waals surface area contributed by atoms with Crippen LogP contribution in [-0.2, 0) is 4.74 Å². The van der Waals surface area contributed by atoms with Gasteiger partial charge in [0.2, 0.25) is 0 Å². The molecule has 0 aromatic rings. The molecule has 0 spiro atoms. The zero-order valence-corrected chi connectivity index (χ0v) is 11.0. The predicted octanol–water partition coefficient (Wildman–Crippen LogP) is 2.99. The minimum absolute atomic E-state index is 0.0224. The Kier molecular flexibility index (Phi) is 3.52. The van der Waals surface area contributed by atoms with Crippen molar-refractivity contribution in [2.24, 2.45) is 10.8 Å². The van der Waals surface area contributed by atoms with Crippen molar-refractivity contribution in [1.82, 2.24) is 0 Å². The van der Waals surface area contributed by atoms with Gasteiger partial charge in [-0.15, -0.1) is 0 Å². The van der Waals surface area contributed by atoms with Crippen molar-refractivity contribution in [3.05, 3.63) is 0 Å². The van der Waals surface area contributed by atoms with Gasteiger partial charge >= 0.3 is 0 Å². The van der Waals surface area contributed by atoms with Crippen LogP contribution in [0.2, 0.25) is 0 Å². The molecular formula is C13H26O2. The summed E-state index contributed by atoms with van der Waals surface area (Å²) >= 11 is 0. The van der Waals surface area contributed by atoms with Crippen LogP contribution in [0.25, 0.3) is 0 Å². The third-order valence-electron chi connectivity index (χ3n) is 3.00. The normalized spacial score (nSPS) is 33.4. The molecule has 1 aliphatic rings. The van der Waals surface area contributed by atoms with Crippen LogP contribution in [0.1, 0.15) is 54.4 Å². The summed E-state index contributed by atoms with van der Waals surface area (Å²) in [6.07, 6.45) is 1.65. The third kappa shape index (κ3) is 3.76. The highest BCUT2D eigenvalue weighted by atomic mass is 16.5. The third-order valence-corrected chi connectivity index (χ3v) is 3.00. The highest BCUT2D eigenvalue weighted by Gasteiger charge is 2.41. The van der Waals surface area contributed by atoms with Crippen molar-refractivity contribution < 1.29 is 9.84 Å². The van der Waals surface area contributed by atoms with Gasteiger partial charge in [-0.2, -0.15) is 0 Å². The van der Waals surface area contributed by atoms with Gasteiger partial charge in [0.25, 0.3) is 0 Å². The molecule has 1 rings (SSSR count). The van der Waals surface area contributed by atoms with Crippen molar-refractivity contribution in [3.8, 4) is 0 Å². The number of ether oxygens (including phenoxy) is 1. The number of rotatable bonds is 1. The predicted molar refractivity (Wildman–Crippen MR) is 62.8 cm³/mol. The van der Waals surface area contributed by atoms with Gasteiger partial charge in [0.05, 0.1) is 18.3 Å². The average molecular weight is 214 g/mol. The molecule has 1 fully saturated rings. The van der Waals surface area contributed by atoms with Crippen LogP contribution in [-0.4, -0.2) is 23.4 Å². The molecule has 0 aromatic carbocycles. The molecule has 1 aliphatic heterocycles. The topological polar surface area (TPSA) is 29.5 Å². The highest BCUT2D eigenvalue weighted by molar-refractivity contribution is 4.89. The Hall–Kier alpha value is -0.0800. The largest absolute Gasteiger partial charge is 0.390 e. The SMILES string of the molecule is CC(C)(C)C[C@@H]1OC(C(C)(C)C)C[C@H]1O. The second-order valence-electron chi connectivity index (χ2n) is 7.10. The van der Waals surface area contributed by atoms with Gasteiger partial charge in [-0.3, -0.25) is 0 Å². The van der Waals surface area contributed by atoms with Crippen LogP contribution in [0.15, 0.2) is 0 Å². The molecule has 1 saturated heterocycles. The van der Waals surface area contributed by atoms with E-state index in [4.69, 9.17) is 4.74 Å². The van der Waals surface area contributed by atoms with E-state index < -0.39 is 0 Å². The van der Waals surface area contributed by atoms with Crippen molar-refractivity contribution in [2.75, 3.05) is 0 Å². The van der Waals surface area contributed by atoms with Crippen LogP contribution in [0.5, 0.6) is 0 Å². The highest BCUT2D eigenvalue weighted by Crippen LogP contribution is 2.37. The molecule has 15 heavy (non-hydrogen) atoms. The molecule has 0 bridgehead atoms. The van der Waals surface area contributed by atoms with E-state index in [1.165, 1.54) is 0 Å². The Morgan fingerprint density at radius 3 is 2.00 bits per heavy atom. The average Bonchev–Trinajstić information content (AvgIpc) is 2.27. The maximum Gasteiger partial charge on any atom is 0.0843 e. The summed E-state index contributed by atoms with van der Waals surface area (Å²) in [5, 5.41) is 9.96. The van der Waals surface area contributed by atoms with Crippen molar-refractivity contribution in [3.63, 3.8) is 0 Å². The lowest BCUT2D eigenvalue weighted by Gasteiger charge is -2.28. The van der Waals surface area contributed by atoms with Crippen molar-refractivity contribution in [1.29, 1.82) is 0 Å². The maximum absolute atomic E-state index is 9.96. The molecule has 1 N–H and O–H groups in total. The van der Waals surface area contributed by atoms with E-state index in [1.807, 2.05) is 0 Å². The molecule has 0 aromatic heterocycles. The minimum atomic E-state index is -0.284. The Balaban J connectivity index is 2.57. The summed E-state index contributed by atoms with van der Waals surface area (Å²) in [5.74, 6) is 0. The maximum atomic E-state index is 9.96. The van der Waals surface area contributed by atoms with Gasteiger partial charge in [0, 0.05) is 6.42 Å². The monoisotopic (exact) mass is 214 g/mol. The van der Waals surface area contributed by atoms with Crippen LogP contribution in [0.4, 0.5) is 0 Å². The van der Waals surface area contributed by atoms with E-state index in [0.717, 1.165) is 12.8 Å². The lowest BCUT2D eigenvalue weighted by atomic mass is 9.85. The summed E-state index contributed by atoms with van der Waals surface area (Å²) in [7, 11) is 0. The minimum Gasteiger partial charge on any atom is -0.390 e. The van der Waals surface area contributed by atoms with Crippen molar-refractivity contribution in [2.45, 2.75) is 72.7 Å². The summed E-state index contributed by atoms with van der Waals surface area (Å²) in [4.78, 5) is 0. The van der Waals surface area contributed by atoms with E-state index >= 15 is 0 Å². The van der Waals surface area contributed by atoms with E-state index in [-0.39, 0.29) is 29.1 Å². The first-order valence-corrected chi connectivity index (χ1v) is 5.93. The standard InChI is InChI=1S/C13H26O2/c1-12(2,3)8-10-9(14)7-11(15-10)13(4,5)6/h9-11,14H,7-8H2,1-6H3/t9-,10+,11?/m1/s1.